The van der Waals surface area contributed by atoms with Gasteiger partial charge in [0.15, 0.2) is 0 Å². The lowest BCUT2D eigenvalue weighted by Gasteiger charge is -2.36. The van der Waals surface area contributed by atoms with Crippen LogP contribution in [0.1, 0.15) is 25.7 Å². The molecule has 0 N–H and O–H groups in total. The van der Waals surface area contributed by atoms with Gasteiger partial charge in [0.05, 0.1) is 6.54 Å². The maximum atomic E-state index is 13.1. The average molecular weight is 385 g/mol. The van der Waals surface area contributed by atoms with Crippen LogP contribution in [0.5, 0.6) is 0 Å². The molecular formula is C21H32N6O. The zero-order valence-corrected chi connectivity index (χ0v) is 16.7. The molecule has 6 rings (SSSR count). The fourth-order valence-electron chi connectivity index (χ4n) is 5.09. The molecule has 152 valence electrons. The Bertz CT molecular complexity index is 673. The Morgan fingerprint density at radius 1 is 0.964 bits per heavy atom. The summed E-state index contributed by atoms with van der Waals surface area (Å²) in [7, 11) is 0. The lowest BCUT2D eigenvalue weighted by atomic mass is 9.95. The van der Waals surface area contributed by atoms with Crippen LogP contribution < -0.4 is 4.90 Å². The first-order valence-corrected chi connectivity index (χ1v) is 11.0. The van der Waals surface area contributed by atoms with E-state index in [0.29, 0.717) is 24.4 Å². The molecule has 1 aromatic rings. The van der Waals surface area contributed by atoms with E-state index in [0.717, 1.165) is 51.1 Å². The van der Waals surface area contributed by atoms with Crippen LogP contribution in [0.4, 0.5) is 5.95 Å². The number of piperazine rings is 1. The summed E-state index contributed by atoms with van der Waals surface area (Å²) in [5.41, 5.74) is 0. The van der Waals surface area contributed by atoms with Crippen LogP contribution in [0, 0.1) is 11.8 Å². The zero-order valence-electron chi connectivity index (χ0n) is 16.7. The molecule has 28 heavy (non-hydrogen) atoms. The van der Waals surface area contributed by atoms with E-state index in [4.69, 9.17) is 0 Å². The molecule has 2 atom stereocenters. The van der Waals surface area contributed by atoms with Gasteiger partial charge < -0.3 is 9.80 Å². The molecule has 4 aliphatic heterocycles. The number of hydrogen-bond donors (Lipinski definition) is 0. The summed E-state index contributed by atoms with van der Waals surface area (Å²) in [6, 6.07) is 2.44. The molecular weight excluding hydrogens is 352 g/mol. The highest BCUT2D eigenvalue weighted by Gasteiger charge is 2.38. The summed E-state index contributed by atoms with van der Waals surface area (Å²) in [6.07, 6.45) is 8.98. The van der Waals surface area contributed by atoms with Crippen LogP contribution in [0.15, 0.2) is 18.5 Å². The minimum absolute atomic E-state index is 0.328. The van der Waals surface area contributed by atoms with Crippen molar-refractivity contribution in [1.29, 1.82) is 0 Å². The van der Waals surface area contributed by atoms with Crippen LogP contribution in [0.2, 0.25) is 0 Å². The van der Waals surface area contributed by atoms with Gasteiger partial charge in [0.1, 0.15) is 0 Å². The first-order chi connectivity index (χ1) is 13.7. The fraction of sp³-hybridized carbons (Fsp3) is 0.762. The number of carbonyl (C=O) groups is 1. The van der Waals surface area contributed by atoms with Gasteiger partial charge in [0.2, 0.25) is 11.9 Å². The average Bonchev–Trinajstić information content (AvgIpc) is 3.57. The lowest BCUT2D eigenvalue weighted by Crippen LogP contribution is -2.51. The second-order valence-electron chi connectivity index (χ2n) is 9.11. The van der Waals surface area contributed by atoms with Gasteiger partial charge in [-0.15, -0.1) is 0 Å². The van der Waals surface area contributed by atoms with Crippen molar-refractivity contribution >= 4 is 11.9 Å². The van der Waals surface area contributed by atoms with Crippen LogP contribution in [0.25, 0.3) is 0 Å². The molecule has 1 aliphatic carbocycles. The predicted molar refractivity (Wildman–Crippen MR) is 108 cm³/mol. The van der Waals surface area contributed by atoms with Crippen molar-refractivity contribution in [3.05, 3.63) is 18.5 Å². The largest absolute Gasteiger partial charge is 0.340 e. The van der Waals surface area contributed by atoms with E-state index in [1.165, 1.54) is 38.8 Å². The second-order valence-corrected chi connectivity index (χ2v) is 9.11. The number of piperidine rings is 1. The van der Waals surface area contributed by atoms with Gasteiger partial charge in [-0.1, -0.05) is 0 Å². The van der Waals surface area contributed by atoms with Crippen molar-refractivity contribution in [2.45, 2.75) is 31.7 Å². The third kappa shape index (κ3) is 4.15. The Morgan fingerprint density at radius 2 is 1.75 bits per heavy atom. The molecule has 5 fully saturated rings. The third-order valence-electron chi connectivity index (χ3n) is 6.94. The minimum atomic E-state index is 0.328. The Labute approximate surface area is 167 Å². The molecule has 5 heterocycles. The van der Waals surface area contributed by atoms with E-state index < -0.39 is 0 Å². The van der Waals surface area contributed by atoms with Gasteiger partial charge >= 0.3 is 0 Å². The number of fused-ring (bicyclic) bond motifs is 4. The fourth-order valence-corrected chi connectivity index (χ4v) is 5.09. The second kappa shape index (κ2) is 7.95. The topological polar surface area (TPSA) is 55.8 Å². The van der Waals surface area contributed by atoms with Crippen LogP contribution in [0.3, 0.4) is 0 Å². The number of rotatable bonds is 5. The van der Waals surface area contributed by atoms with Crippen molar-refractivity contribution in [3.63, 3.8) is 0 Å². The highest BCUT2D eigenvalue weighted by molar-refractivity contribution is 5.78. The van der Waals surface area contributed by atoms with Crippen molar-refractivity contribution in [3.8, 4) is 0 Å². The molecule has 1 amide bonds. The smallest absolute Gasteiger partial charge is 0.236 e. The summed E-state index contributed by atoms with van der Waals surface area (Å²) < 4.78 is 0. The Balaban J connectivity index is 1.13. The SMILES string of the molecule is O=C(CN1CCN(c2ncccn2)CC1)N1C[C@@H]2CC[C@H](C1)N(CC1CC1)C2. The van der Waals surface area contributed by atoms with Gasteiger partial charge in [-0.25, -0.2) is 9.97 Å². The van der Waals surface area contributed by atoms with Gasteiger partial charge in [0, 0.05) is 70.8 Å². The van der Waals surface area contributed by atoms with Crippen LogP contribution >= 0.6 is 0 Å². The first kappa shape index (κ1) is 18.3. The van der Waals surface area contributed by atoms with E-state index >= 15 is 0 Å². The quantitative estimate of drug-likeness (QED) is 0.753. The molecule has 1 saturated carbocycles. The third-order valence-corrected chi connectivity index (χ3v) is 6.94. The highest BCUT2D eigenvalue weighted by Crippen LogP contribution is 2.34. The number of carbonyl (C=O) groups excluding carboxylic acids is 1. The van der Waals surface area contributed by atoms with Gasteiger partial charge in [-0.2, -0.15) is 0 Å². The maximum Gasteiger partial charge on any atom is 0.236 e. The van der Waals surface area contributed by atoms with Gasteiger partial charge in [0.25, 0.3) is 0 Å². The number of amides is 1. The predicted octanol–water partition coefficient (Wildman–Crippen LogP) is 0.931. The molecule has 0 radical (unpaired) electrons. The summed E-state index contributed by atoms with van der Waals surface area (Å²) in [5.74, 6) is 2.74. The van der Waals surface area contributed by atoms with Crippen LogP contribution in [-0.4, -0.2) is 95.5 Å². The molecule has 1 aromatic heterocycles. The molecule has 0 unspecified atom stereocenters. The van der Waals surface area contributed by atoms with Gasteiger partial charge in [-0.3, -0.25) is 14.6 Å². The molecule has 0 spiro atoms. The normalized spacial score (nSPS) is 29.1. The Morgan fingerprint density at radius 3 is 2.50 bits per heavy atom. The molecule has 0 aromatic carbocycles. The number of nitrogens with zero attached hydrogens (tertiary/aromatic N) is 6. The molecule has 7 nitrogen and oxygen atoms in total. The summed E-state index contributed by atoms with van der Waals surface area (Å²) in [4.78, 5) is 31.1. The summed E-state index contributed by atoms with van der Waals surface area (Å²) >= 11 is 0. The van der Waals surface area contributed by atoms with Gasteiger partial charge in [-0.05, 0) is 43.6 Å². The standard InChI is InChI=1S/C21H32N6O/c28-20(16-24-8-10-25(11-9-24)21-22-6-1-7-23-21)27-14-18-4-5-19(15-27)26(13-18)12-17-2-3-17/h1,6-7,17-19H,2-5,8-16H2/t18-,19-/m1/s1. The van der Waals surface area contributed by atoms with E-state index in [9.17, 15) is 4.79 Å². The van der Waals surface area contributed by atoms with E-state index in [-0.39, 0.29) is 0 Å². The first-order valence-electron chi connectivity index (χ1n) is 11.0. The lowest BCUT2D eigenvalue weighted by molar-refractivity contribution is -0.132. The summed E-state index contributed by atoms with van der Waals surface area (Å²) in [6.45, 7) is 8.53. The number of aromatic nitrogens is 2. The van der Waals surface area contributed by atoms with Crippen molar-refractivity contribution < 1.29 is 4.79 Å². The number of hydrogen-bond acceptors (Lipinski definition) is 6. The van der Waals surface area contributed by atoms with E-state index in [2.05, 4.69) is 29.6 Å². The maximum absolute atomic E-state index is 13.1. The highest BCUT2D eigenvalue weighted by atomic mass is 16.2. The molecule has 2 bridgehead atoms. The number of anilines is 1. The Hall–Kier alpha value is -1.73. The van der Waals surface area contributed by atoms with Crippen molar-refractivity contribution in [2.75, 3.05) is 63.8 Å². The van der Waals surface area contributed by atoms with Crippen molar-refractivity contribution in [2.24, 2.45) is 11.8 Å². The molecule has 5 aliphatic rings. The molecule has 4 saturated heterocycles. The van der Waals surface area contributed by atoms with E-state index in [1.54, 1.807) is 12.4 Å². The zero-order chi connectivity index (χ0) is 18.9. The van der Waals surface area contributed by atoms with Crippen LogP contribution in [-0.2, 0) is 4.79 Å². The van der Waals surface area contributed by atoms with Crippen molar-refractivity contribution in [1.82, 2.24) is 24.7 Å². The summed E-state index contributed by atoms with van der Waals surface area (Å²) in [5, 5.41) is 0. The molecule has 7 heteroatoms. The monoisotopic (exact) mass is 384 g/mol. The minimum Gasteiger partial charge on any atom is -0.340 e. The Kier molecular flexibility index (Phi) is 5.20. The van der Waals surface area contributed by atoms with E-state index in [1.807, 2.05) is 6.07 Å².